The highest BCUT2D eigenvalue weighted by atomic mass is 16.3. The molecule has 1 N–H and O–H groups in total. The predicted octanol–water partition coefficient (Wildman–Crippen LogP) is 2.09. The lowest BCUT2D eigenvalue weighted by atomic mass is 9.82. The molecule has 1 heterocycles. The number of amides is 1. The van der Waals surface area contributed by atoms with Gasteiger partial charge >= 0.3 is 0 Å². The van der Waals surface area contributed by atoms with Gasteiger partial charge in [-0.1, -0.05) is 24.3 Å². The zero-order valence-electron chi connectivity index (χ0n) is 11.4. The molecular formula is C16H21NO2. The Morgan fingerprint density at radius 1 is 1.42 bits per heavy atom. The highest BCUT2D eigenvalue weighted by Gasteiger charge is 2.37. The molecule has 1 aliphatic carbocycles. The van der Waals surface area contributed by atoms with Gasteiger partial charge in [-0.05, 0) is 43.7 Å². The summed E-state index contributed by atoms with van der Waals surface area (Å²) < 4.78 is 0. The maximum Gasteiger partial charge on any atom is 0.230 e. The van der Waals surface area contributed by atoms with Crippen LogP contribution in [0.25, 0.3) is 0 Å². The van der Waals surface area contributed by atoms with Gasteiger partial charge in [0, 0.05) is 13.1 Å². The van der Waals surface area contributed by atoms with Gasteiger partial charge in [0.05, 0.1) is 11.5 Å². The van der Waals surface area contributed by atoms with Gasteiger partial charge in [-0.2, -0.15) is 0 Å². The van der Waals surface area contributed by atoms with E-state index >= 15 is 0 Å². The minimum atomic E-state index is -0.705. The molecule has 19 heavy (non-hydrogen) atoms. The quantitative estimate of drug-likeness (QED) is 0.839. The minimum absolute atomic E-state index is 0.00106. The monoisotopic (exact) mass is 259 g/mol. The highest BCUT2D eigenvalue weighted by Crippen LogP contribution is 2.34. The second kappa shape index (κ2) is 4.64. The fourth-order valence-electron chi connectivity index (χ4n) is 3.36. The molecule has 1 aromatic carbocycles. The van der Waals surface area contributed by atoms with Gasteiger partial charge in [-0.25, -0.2) is 0 Å². The summed E-state index contributed by atoms with van der Waals surface area (Å²) in [7, 11) is 0. The Kier molecular flexibility index (Phi) is 3.09. The van der Waals surface area contributed by atoms with E-state index < -0.39 is 5.60 Å². The van der Waals surface area contributed by atoms with Gasteiger partial charge in [0.15, 0.2) is 0 Å². The SMILES string of the molecule is CC1(O)CCN(C(=O)C2CCCc3ccccc32)C1. The van der Waals surface area contributed by atoms with E-state index in [1.807, 2.05) is 24.0 Å². The first kappa shape index (κ1) is 12.7. The van der Waals surface area contributed by atoms with Gasteiger partial charge in [0.25, 0.3) is 0 Å². The Labute approximate surface area is 114 Å². The molecule has 0 bridgehead atoms. The Morgan fingerprint density at radius 3 is 2.95 bits per heavy atom. The summed E-state index contributed by atoms with van der Waals surface area (Å²) in [6, 6.07) is 8.29. The second-order valence-electron chi connectivity index (χ2n) is 6.15. The number of carbonyl (C=O) groups is 1. The molecule has 3 nitrogen and oxygen atoms in total. The van der Waals surface area contributed by atoms with Crippen molar-refractivity contribution in [3.8, 4) is 0 Å². The van der Waals surface area contributed by atoms with Crippen molar-refractivity contribution >= 4 is 5.91 Å². The van der Waals surface area contributed by atoms with Crippen LogP contribution in [0.1, 0.15) is 43.2 Å². The molecule has 2 atom stereocenters. The molecular weight excluding hydrogens is 238 g/mol. The van der Waals surface area contributed by atoms with Crippen LogP contribution < -0.4 is 0 Å². The van der Waals surface area contributed by atoms with Crippen LogP contribution in [0.2, 0.25) is 0 Å². The Bertz CT molecular complexity index is 495. The normalized spacial score (nSPS) is 30.2. The number of carbonyl (C=O) groups excluding carboxylic acids is 1. The molecule has 102 valence electrons. The first-order valence-corrected chi connectivity index (χ1v) is 7.16. The molecule has 1 aliphatic heterocycles. The number of hydrogen-bond donors (Lipinski definition) is 1. The van der Waals surface area contributed by atoms with E-state index in [0.717, 1.165) is 19.3 Å². The summed E-state index contributed by atoms with van der Waals surface area (Å²) in [4.78, 5) is 14.5. The van der Waals surface area contributed by atoms with Crippen molar-refractivity contribution in [2.24, 2.45) is 0 Å². The Morgan fingerprint density at radius 2 is 2.21 bits per heavy atom. The van der Waals surface area contributed by atoms with Crippen molar-refractivity contribution in [2.75, 3.05) is 13.1 Å². The third kappa shape index (κ3) is 2.39. The van der Waals surface area contributed by atoms with Crippen LogP contribution in [0.3, 0.4) is 0 Å². The van der Waals surface area contributed by atoms with E-state index in [1.54, 1.807) is 0 Å². The summed E-state index contributed by atoms with van der Waals surface area (Å²) in [6.07, 6.45) is 3.79. The van der Waals surface area contributed by atoms with Gasteiger partial charge in [0.1, 0.15) is 0 Å². The summed E-state index contributed by atoms with van der Waals surface area (Å²) in [5.74, 6) is 0.198. The fourth-order valence-corrected chi connectivity index (χ4v) is 3.36. The third-order valence-corrected chi connectivity index (χ3v) is 4.43. The summed E-state index contributed by atoms with van der Waals surface area (Å²) in [6.45, 7) is 2.98. The lowest BCUT2D eigenvalue weighted by molar-refractivity contribution is -0.133. The zero-order valence-corrected chi connectivity index (χ0v) is 11.4. The summed E-state index contributed by atoms with van der Waals surface area (Å²) >= 11 is 0. The second-order valence-corrected chi connectivity index (χ2v) is 6.15. The average molecular weight is 259 g/mol. The smallest absolute Gasteiger partial charge is 0.230 e. The molecule has 0 radical (unpaired) electrons. The first-order chi connectivity index (χ1) is 9.07. The summed E-state index contributed by atoms with van der Waals surface area (Å²) in [5.41, 5.74) is 1.81. The van der Waals surface area contributed by atoms with Crippen molar-refractivity contribution in [1.29, 1.82) is 0 Å². The van der Waals surface area contributed by atoms with Crippen molar-refractivity contribution in [2.45, 2.75) is 44.1 Å². The number of benzene rings is 1. The number of β-amino-alcohol motifs (C(OH)–C–C–N with tert-alkyl or cyclic N) is 1. The van der Waals surface area contributed by atoms with E-state index in [9.17, 15) is 9.90 Å². The predicted molar refractivity (Wildman–Crippen MR) is 73.9 cm³/mol. The molecule has 1 fully saturated rings. The van der Waals surface area contributed by atoms with Crippen LogP contribution in [0, 0.1) is 0 Å². The van der Waals surface area contributed by atoms with E-state index in [2.05, 4.69) is 12.1 Å². The Hall–Kier alpha value is -1.35. The number of aryl methyl sites for hydroxylation is 1. The van der Waals surface area contributed by atoms with Gasteiger partial charge in [-0.3, -0.25) is 4.79 Å². The van der Waals surface area contributed by atoms with Crippen LogP contribution in [0.15, 0.2) is 24.3 Å². The molecule has 2 aliphatic rings. The van der Waals surface area contributed by atoms with Crippen molar-refractivity contribution in [3.63, 3.8) is 0 Å². The molecule has 0 spiro atoms. The molecule has 1 saturated heterocycles. The average Bonchev–Trinajstić information content (AvgIpc) is 2.78. The lowest BCUT2D eigenvalue weighted by Gasteiger charge is -2.29. The topological polar surface area (TPSA) is 40.5 Å². The number of aliphatic hydroxyl groups is 1. The Balaban J connectivity index is 1.82. The number of nitrogens with zero attached hydrogens (tertiary/aromatic N) is 1. The first-order valence-electron chi connectivity index (χ1n) is 7.16. The van der Waals surface area contributed by atoms with E-state index in [-0.39, 0.29) is 11.8 Å². The van der Waals surface area contributed by atoms with Gasteiger partial charge in [-0.15, -0.1) is 0 Å². The zero-order chi connectivity index (χ0) is 13.5. The molecule has 3 heteroatoms. The van der Waals surface area contributed by atoms with Crippen molar-refractivity contribution in [1.82, 2.24) is 4.90 Å². The molecule has 0 saturated carbocycles. The molecule has 3 rings (SSSR count). The lowest BCUT2D eigenvalue weighted by Crippen LogP contribution is -2.37. The largest absolute Gasteiger partial charge is 0.388 e. The molecule has 2 unspecified atom stereocenters. The third-order valence-electron chi connectivity index (χ3n) is 4.43. The van der Waals surface area contributed by atoms with Crippen LogP contribution in [-0.2, 0) is 11.2 Å². The number of rotatable bonds is 1. The maximum absolute atomic E-state index is 12.7. The van der Waals surface area contributed by atoms with Crippen LogP contribution >= 0.6 is 0 Å². The summed E-state index contributed by atoms with van der Waals surface area (Å²) in [5, 5.41) is 10.0. The van der Waals surface area contributed by atoms with Gasteiger partial charge in [0.2, 0.25) is 5.91 Å². The highest BCUT2D eigenvalue weighted by molar-refractivity contribution is 5.84. The van der Waals surface area contributed by atoms with Crippen molar-refractivity contribution < 1.29 is 9.90 Å². The number of hydrogen-bond acceptors (Lipinski definition) is 2. The molecule has 1 aromatic rings. The van der Waals surface area contributed by atoms with Crippen molar-refractivity contribution in [3.05, 3.63) is 35.4 Å². The van der Waals surface area contributed by atoms with Crippen LogP contribution in [0.5, 0.6) is 0 Å². The van der Waals surface area contributed by atoms with E-state index in [1.165, 1.54) is 11.1 Å². The maximum atomic E-state index is 12.7. The molecule has 0 aromatic heterocycles. The van der Waals surface area contributed by atoms with Crippen LogP contribution in [-0.4, -0.2) is 34.6 Å². The van der Waals surface area contributed by atoms with E-state index in [4.69, 9.17) is 0 Å². The van der Waals surface area contributed by atoms with Gasteiger partial charge < -0.3 is 10.0 Å². The minimum Gasteiger partial charge on any atom is -0.388 e. The fraction of sp³-hybridized carbons (Fsp3) is 0.562. The molecule has 1 amide bonds. The van der Waals surface area contributed by atoms with Crippen LogP contribution in [0.4, 0.5) is 0 Å². The number of fused-ring (bicyclic) bond motifs is 1. The van der Waals surface area contributed by atoms with E-state index in [0.29, 0.717) is 19.5 Å². The standard InChI is InChI=1S/C16H21NO2/c1-16(19)9-10-17(11-16)15(18)14-8-4-6-12-5-2-3-7-13(12)14/h2-3,5,7,14,19H,4,6,8-11H2,1H3. The number of likely N-dealkylation sites (tertiary alicyclic amines) is 1.